The van der Waals surface area contributed by atoms with Crippen molar-refractivity contribution in [3.63, 3.8) is 0 Å². The molecule has 0 aromatic heterocycles. The summed E-state index contributed by atoms with van der Waals surface area (Å²) in [5.41, 5.74) is 9.13. The first-order chi connectivity index (χ1) is 7.34. The van der Waals surface area contributed by atoms with Crippen LogP contribution < -0.4 is 5.73 Å². The molecule has 1 aromatic rings. The van der Waals surface area contributed by atoms with Crippen LogP contribution in [0.1, 0.15) is 30.0 Å². The second kappa shape index (κ2) is 3.62. The van der Waals surface area contributed by atoms with E-state index in [9.17, 15) is 0 Å². The number of nitrogens with zero attached hydrogens (tertiary/aromatic N) is 1. The number of nitrogens with two attached hydrogens (primary N) is 1. The topological polar surface area (TPSA) is 29.3 Å². The van der Waals surface area contributed by atoms with Crippen LogP contribution in [0.3, 0.4) is 0 Å². The van der Waals surface area contributed by atoms with E-state index >= 15 is 0 Å². The third kappa shape index (κ3) is 1.58. The van der Waals surface area contributed by atoms with Crippen LogP contribution in [0.5, 0.6) is 0 Å². The minimum Gasteiger partial charge on any atom is -0.328 e. The van der Waals surface area contributed by atoms with Crippen LogP contribution in [-0.4, -0.2) is 24.0 Å². The fraction of sp³-hybridized carbons (Fsp3) is 0.538. The lowest BCUT2D eigenvalue weighted by atomic mass is 9.85. The quantitative estimate of drug-likeness (QED) is 0.694. The molecule has 1 fully saturated rings. The second-order valence-electron chi connectivity index (χ2n) is 4.79. The van der Waals surface area contributed by atoms with Crippen LogP contribution in [0, 0.1) is 0 Å². The molecule has 2 aliphatic rings. The van der Waals surface area contributed by atoms with Gasteiger partial charge >= 0.3 is 0 Å². The van der Waals surface area contributed by atoms with Crippen molar-refractivity contribution in [2.45, 2.75) is 31.3 Å². The van der Waals surface area contributed by atoms with Gasteiger partial charge in [-0.1, -0.05) is 24.3 Å². The van der Waals surface area contributed by atoms with E-state index in [1.807, 2.05) is 0 Å². The highest BCUT2D eigenvalue weighted by molar-refractivity contribution is 5.33. The Labute approximate surface area is 91.1 Å². The summed E-state index contributed by atoms with van der Waals surface area (Å²) in [6.45, 7) is 2.40. The van der Waals surface area contributed by atoms with Crippen LogP contribution in [0.2, 0.25) is 0 Å². The smallest absolute Gasteiger partial charge is 0.0365 e. The van der Waals surface area contributed by atoms with E-state index in [2.05, 4.69) is 29.2 Å². The molecule has 0 spiro atoms. The first-order valence-electron chi connectivity index (χ1n) is 5.92. The number of piperidine rings is 1. The van der Waals surface area contributed by atoms with Gasteiger partial charge in [0.2, 0.25) is 0 Å². The Morgan fingerprint density at radius 2 is 2.07 bits per heavy atom. The van der Waals surface area contributed by atoms with E-state index in [-0.39, 0.29) is 0 Å². The van der Waals surface area contributed by atoms with Crippen LogP contribution in [0.15, 0.2) is 24.3 Å². The van der Waals surface area contributed by atoms with Crippen molar-refractivity contribution >= 4 is 0 Å². The van der Waals surface area contributed by atoms with Gasteiger partial charge in [0.05, 0.1) is 0 Å². The van der Waals surface area contributed by atoms with E-state index in [0.717, 1.165) is 6.42 Å². The largest absolute Gasteiger partial charge is 0.328 e. The molecule has 0 aliphatic carbocycles. The highest BCUT2D eigenvalue weighted by atomic mass is 15.2. The monoisotopic (exact) mass is 202 g/mol. The molecular formula is C13H18N2. The van der Waals surface area contributed by atoms with Crippen molar-refractivity contribution in [3.8, 4) is 0 Å². The van der Waals surface area contributed by atoms with Gasteiger partial charge < -0.3 is 5.73 Å². The maximum Gasteiger partial charge on any atom is 0.0365 e. The van der Waals surface area contributed by atoms with Crippen molar-refractivity contribution in [2.24, 2.45) is 5.73 Å². The van der Waals surface area contributed by atoms with Crippen molar-refractivity contribution in [3.05, 3.63) is 35.4 Å². The minimum atomic E-state index is 0.400. The Morgan fingerprint density at radius 3 is 3.00 bits per heavy atom. The van der Waals surface area contributed by atoms with Gasteiger partial charge in [-0.3, -0.25) is 4.90 Å². The summed E-state index contributed by atoms with van der Waals surface area (Å²) in [5.74, 6) is 0. The standard InChI is InChI=1S/C13H18N2/c14-11-6-8-15-7-5-10-3-1-2-4-12(10)13(15)9-11/h1-4,11,13H,5-9,14H2/t11-,13+/m0/s1. The third-order valence-electron chi connectivity index (χ3n) is 3.84. The van der Waals surface area contributed by atoms with Crippen LogP contribution in [0.25, 0.3) is 0 Å². The Balaban J connectivity index is 1.96. The highest BCUT2D eigenvalue weighted by Crippen LogP contribution is 2.35. The zero-order chi connectivity index (χ0) is 10.3. The van der Waals surface area contributed by atoms with Crippen molar-refractivity contribution < 1.29 is 0 Å². The fourth-order valence-corrected chi connectivity index (χ4v) is 2.98. The van der Waals surface area contributed by atoms with Gasteiger partial charge in [-0.05, 0) is 30.4 Å². The fourth-order valence-electron chi connectivity index (χ4n) is 2.98. The van der Waals surface area contributed by atoms with Gasteiger partial charge in [0.1, 0.15) is 0 Å². The summed E-state index contributed by atoms with van der Waals surface area (Å²) in [6.07, 6.45) is 3.51. The van der Waals surface area contributed by atoms with E-state index in [1.54, 1.807) is 0 Å². The number of benzene rings is 1. The van der Waals surface area contributed by atoms with E-state index in [1.165, 1.54) is 37.1 Å². The lowest BCUT2D eigenvalue weighted by Crippen LogP contribution is -2.45. The number of hydrogen-bond acceptors (Lipinski definition) is 2. The van der Waals surface area contributed by atoms with Gasteiger partial charge in [0.25, 0.3) is 0 Å². The average molecular weight is 202 g/mol. The summed E-state index contributed by atoms with van der Waals surface area (Å²) in [6, 6.07) is 9.85. The van der Waals surface area contributed by atoms with Crippen molar-refractivity contribution in [1.82, 2.24) is 4.90 Å². The summed E-state index contributed by atoms with van der Waals surface area (Å²) in [7, 11) is 0. The maximum absolute atomic E-state index is 6.07. The lowest BCUT2D eigenvalue weighted by Gasteiger charge is -2.42. The van der Waals surface area contributed by atoms with Crippen LogP contribution >= 0.6 is 0 Å². The second-order valence-corrected chi connectivity index (χ2v) is 4.79. The molecule has 0 bridgehead atoms. The maximum atomic E-state index is 6.07. The molecule has 0 saturated carbocycles. The van der Waals surface area contributed by atoms with E-state index in [0.29, 0.717) is 12.1 Å². The van der Waals surface area contributed by atoms with Crippen LogP contribution in [0.4, 0.5) is 0 Å². The van der Waals surface area contributed by atoms with Crippen molar-refractivity contribution in [1.29, 1.82) is 0 Å². The van der Waals surface area contributed by atoms with Gasteiger partial charge in [0.15, 0.2) is 0 Å². The molecule has 1 saturated heterocycles. The first kappa shape index (κ1) is 9.37. The zero-order valence-electron chi connectivity index (χ0n) is 9.02. The Bertz CT molecular complexity index is 361. The summed E-state index contributed by atoms with van der Waals surface area (Å²) < 4.78 is 0. The molecule has 2 atom stereocenters. The first-order valence-corrected chi connectivity index (χ1v) is 5.92. The Hall–Kier alpha value is -0.860. The molecule has 1 aromatic carbocycles. The predicted octanol–water partition coefficient (Wildman–Crippen LogP) is 1.71. The normalized spacial score (nSPS) is 30.7. The summed E-state index contributed by atoms with van der Waals surface area (Å²) >= 11 is 0. The van der Waals surface area contributed by atoms with Gasteiger partial charge in [-0.2, -0.15) is 0 Å². The SMILES string of the molecule is N[C@H]1CCN2CCc3ccccc3[C@H]2C1. The highest BCUT2D eigenvalue weighted by Gasteiger charge is 2.31. The zero-order valence-corrected chi connectivity index (χ0v) is 9.02. The Kier molecular flexibility index (Phi) is 2.26. The molecule has 0 amide bonds. The van der Waals surface area contributed by atoms with Crippen LogP contribution in [-0.2, 0) is 6.42 Å². The molecule has 2 heterocycles. The molecular weight excluding hydrogens is 184 g/mol. The number of rotatable bonds is 0. The molecule has 0 unspecified atom stereocenters. The minimum absolute atomic E-state index is 0.400. The lowest BCUT2D eigenvalue weighted by molar-refractivity contribution is 0.126. The molecule has 0 radical (unpaired) electrons. The Morgan fingerprint density at radius 1 is 1.20 bits per heavy atom. The summed E-state index contributed by atoms with van der Waals surface area (Å²) in [4.78, 5) is 2.60. The molecule has 2 N–H and O–H groups in total. The van der Waals surface area contributed by atoms with E-state index in [4.69, 9.17) is 5.73 Å². The third-order valence-corrected chi connectivity index (χ3v) is 3.84. The molecule has 2 aliphatic heterocycles. The molecule has 80 valence electrons. The molecule has 15 heavy (non-hydrogen) atoms. The molecule has 3 rings (SSSR count). The molecule has 2 heteroatoms. The number of fused-ring (bicyclic) bond motifs is 3. The van der Waals surface area contributed by atoms with Gasteiger partial charge in [0, 0.05) is 25.2 Å². The summed E-state index contributed by atoms with van der Waals surface area (Å²) in [5, 5.41) is 0. The van der Waals surface area contributed by atoms with Gasteiger partial charge in [-0.15, -0.1) is 0 Å². The van der Waals surface area contributed by atoms with E-state index < -0.39 is 0 Å². The van der Waals surface area contributed by atoms with Gasteiger partial charge in [-0.25, -0.2) is 0 Å². The predicted molar refractivity (Wildman–Crippen MR) is 61.7 cm³/mol. The number of hydrogen-bond donors (Lipinski definition) is 1. The molecule has 2 nitrogen and oxygen atoms in total. The average Bonchev–Trinajstić information content (AvgIpc) is 2.29. The van der Waals surface area contributed by atoms with Crippen molar-refractivity contribution in [2.75, 3.05) is 13.1 Å².